The van der Waals surface area contributed by atoms with E-state index in [-0.39, 0.29) is 6.10 Å². The van der Waals surface area contributed by atoms with Gasteiger partial charge in [0, 0.05) is 12.4 Å². The van der Waals surface area contributed by atoms with Gasteiger partial charge >= 0.3 is 5.97 Å². The van der Waals surface area contributed by atoms with Crippen molar-refractivity contribution in [3.05, 3.63) is 0 Å². The monoisotopic (exact) mass is 266 g/mol. The molecule has 2 N–H and O–H groups in total. The van der Waals surface area contributed by atoms with E-state index < -0.39 is 24.4 Å². The minimum atomic E-state index is -1.31. The fourth-order valence-corrected chi connectivity index (χ4v) is 4.55. The maximum absolute atomic E-state index is 11.8. The van der Waals surface area contributed by atoms with Gasteiger partial charge in [0.2, 0.25) is 0 Å². The quantitative estimate of drug-likeness (QED) is 0.713. The van der Waals surface area contributed by atoms with Crippen LogP contribution in [0.3, 0.4) is 0 Å². The third kappa shape index (κ3) is 2.48. The highest BCUT2D eigenvalue weighted by Crippen LogP contribution is 2.54. The molecule has 0 radical (unpaired) electrons. The summed E-state index contributed by atoms with van der Waals surface area (Å²) in [5.74, 6) is 0.672. The highest BCUT2D eigenvalue weighted by molar-refractivity contribution is 5.81. The van der Waals surface area contributed by atoms with Crippen LogP contribution in [0.1, 0.15) is 38.5 Å². The van der Waals surface area contributed by atoms with Crippen molar-refractivity contribution >= 4 is 11.9 Å². The SMILES string of the molecule is N[C@@H](CC(=O)[O-])C(=O)OC1C2CC3CC(C2)CC1C3. The lowest BCUT2D eigenvalue weighted by atomic mass is 9.55. The van der Waals surface area contributed by atoms with E-state index in [1.807, 2.05) is 0 Å². The van der Waals surface area contributed by atoms with Gasteiger partial charge in [0.25, 0.3) is 0 Å². The van der Waals surface area contributed by atoms with Crippen LogP contribution in [0.15, 0.2) is 0 Å². The third-order valence-electron chi connectivity index (χ3n) is 5.08. The number of esters is 1. The van der Waals surface area contributed by atoms with E-state index in [4.69, 9.17) is 10.5 Å². The highest BCUT2D eigenvalue weighted by Gasteiger charge is 2.50. The molecule has 5 nitrogen and oxygen atoms in total. The van der Waals surface area contributed by atoms with Crippen LogP contribution in [-0.4, -0.2) is 24.1 Å². The smallest absolute Gasteiger partial charge is 0.323 e. The third-order valence-corrected chi connectivity index (χ3v) is 5.08. The number of rotatable bonds is 4. The summed E-state index contributed by atoms with van der Waals surface area (Å²) < 4.78 is 5.53. The first-order valence-electron chi connectivity index (χ1n) is 7.19. The average molecular weight is 266 g/mol. The molecular formula is C14H20NO4-. The molecule has 0 saturated heterocycles. The number of ether oxygens (including phenoxy) is 1. The first-order valence-corrected chi connectivity index (χ1v) is 7.19. The van der Waals surface area contributed by atoms with E-state index in [9.17, 15) is 14.7 Å². The van der Waals surface area contributed by atoms with E-state index in [1.54, 1.807) is 0 Å². The fraction of sp³-hybridized carbons (Fsp3) is 0.857. The van der Waals surface area contributed by atoms with E-state index in [0.29, 0.717) is 11.8 Å². The predicted molar refractivity (Wildman–Crippen MR) is 64.5 cm³/mol. The number of aliphatic carboxylic acids is 1. The standard InChI is InChI=1S/C14H21NO4/c15-11(6-12(16)17)14(18)19-13-9-2-7-1-8(4-9)5-10(13)3-7/h7-11,13H,1-6,15H2,(H,16,17)/p-1/t7?,8?,9?,10?,11-,13?/m0/s1. The molecule has 0 amide bonds. The normalized spacial score (nSPS) is 41.0. The number of hydrogen-bond acceptors (Lipinski definition) is 5. The average Bonchev–Trinajstić information content (AvgIpc) is 2.31. The van der Waals surface area contributed by atoms with Crippen LogP contribution in [0, 0.1) is 23.7 Å². The minimum Gasteiger partial charge on any atom is -0.550 e. The van der Waals surface area contributed by atoms with E-state index in [1.165, 1.54) is 6.42 Å². The predicted octanol–water partition coefficient (Wildman–Crippen LogP) is -0.178. The van der Waals surface area contributed by atoms with Crippen LogP contribution in [0.25, 0.3) is 0 Å². The van der Waals surface area contributed by atoms with Crippen molar-refractivity contribution in [3.8, 4) is 0 Å². The molecule has 1 atom stereocenters. The van der Waals surface area contributed by atoms with Crippen LogP contribution in [-0.2, 0) is 14.3 Å². The number of carboxylic acids is 1. The van der Waals surface area contributed by atoms with Gasteiger partial charge in [-0.05, 0) is 55.8 Å². The van der Waals surface area contributed by atoms with E-state index in [0.717, 1.165) is 37.5 Å². The van der Waals surface area contributed by atoms with Crippen molar-refractivity contribution in [1.82, 2.24) is 0 Å². The molecule has 0 aromatic carbocycles. The van der Waals surface area contributed by atoms with Crippen LogP contribution >= 0.6 is 0 Å². The molecule has 0 aromatic heterocycles. The maximum Gasteiger partial charge on any atom is 0.323 e. The van der Waals surface area contributed by atoms with Gasteiger partial charge in [-0.25, -0.2) is 0 Å². The Bertz CT molecular complexity index is 367. The Kier molecular flexibility index (Phi) is 3.25. The topological polar surface area (TPSA) is 92.5 Å². The molecule has 4 saturated carbocycles. The molecule has 4 rings (SSSR count). The second-order valence-corrected chi connectivity index (χ2v) is 6.51. The number of carbonyl (C=O) groups is 2. The van der Waals surface area contributed by atoms with Gasteiger partial charge in [-0.3, -0.25) is 4.79 Å². The largest absolute Gasteiger partial charge is 0.550 e. The van der Waals surface area contributed by atoms with Crippen LogP contribution in [0.5, 0.6) is 0 Å². The molecule has 4 bridgehead atoms. The summed E-state index contributed by atoms with van der Waals surface area (Å²) in [6, 6.07) is -1.10. The number of hydrogen-bond donors (Lipinski definition) is 1. The lowest BCUT2D eigenvalue weighted by Crippen LogP contribution is -2.51. The zero-order valence-corrected chi connectivity index (χ0v) is 10.9. The molecule has 0 aliphatic heterocycles. The molecule has 5 heteroatoms. The summed E-state index contributed by atoms with van der Waals surface area (Å²) in [5.41, 5.74) is 5.53. The number of carboxylic acid groups (broad SMARTS) is 1. The molecule has 106 valence electrons. The van der Waals surface area contributed by atoms with Crippen LogP contribution in [0.4, 0.5) is 0 Å². The molecular weight excluding hydrogens is 246 g/mol. The first kappa shape index (κ1) is 12.9. The molecule has 4 aliphatic rings. The van der Waals surface area contributed by atoms with Gasteiger partial charge in [0.1, 0.15) is 12.1 Å². The Hall–Kier alpha value is -1.10. The van der Waals surface area contributed by atoms with E-state index >= 15 is 0 Å². The Labute approximate surface area is 112 Å². The lowest BCUT2D eigenvalue weighted by Gasteiger charge is -2.53. The lowest BCUT2D eigenvalue weighted by molar-refractivity contribution is -0.306. The van der Waals surface area contributed by atoms with Crippen molar-refractivity contribution < 1.29 is 19.4 Å². The summed E-state index contributed by atoms with van der Waals surface area (Å²) >= 11 is 0. The Morgan fingerprint density at radius 2 is 1.63 bits per heavy atom. The van der Waals surface area contributed by atoms with Crippen LogP contribution < -0.4 is 10.8 Å². The number of carbonyl (C=O) groups excluding carboxylic acids is 2. The summed E-state index contributed by atoms with van der Waals surface area (Å²) in [4.78, 5) is 22.3. The zero-order chi connectivity index (χ0) is 13.6. The van der Waals surface area contributed by atoms with Gasteiger partial charge in [-0.2, -0.15) is 0 Å². The van der Waals surface area contributed by atoms with Gasteiger partial charge < -0.3 is 20.4 Å². The maximum atomic E-state index is 11.8. The summed E-state index contributed by atoms with van der Waals surface area (Å²) in [7, 11) is 0. The minimum absolute atomic E-state index is 0.0342. The molecule has 19 heavy (non-hydrogen) atoms. The van der Waals surface area contributed by atoms with Gasteiger partial charge in [0.15, 0.2) is 0 Å². The second kappa shape index (κ2) is 4.78. The van der Waals surface area contributed by atoms with Gasteiger partial charge in [-0.15, -0.1) is 0 Å². The number of nitrogens with two attached hydrogens (primary N) is 1. The van der Waals surface area contributed by atoms with Gasteiger partial charge in [0.05, 0.1) is 0 Å². The molecule has 0 heterocycles. The van der Waals surface area contributed by atoms with Crippen molar-refractivity contribution in [2.45, 2.75) is 50.7 Å². The van der Waals surface area contributed by atoms with Crippen molar-refractivity contribution in [3.63, 3.8) is 0 Å². The summed E-state index contributed by atoms with van der Waals surface area (Å²) in [5, 5.41) is 10.5. The Balaban J connectivity index is 1.61. The second-order valence-electron chi connectivity index (χ2n) is 6.51. The molecule has 0 aromatic rings. The summed E-state index contributed by atoms with van der Waals surface area (Å²) in [6.45, 7) is 0. The fourth-order valence-electron chi connectivity index (χ4n) is 4.55. The molecule has 0 spiro atoms. The summed E-state index contributed by atoms with van der Waals surface area (Å²) in [6.07, 6.45) is 5.46. The Morgan fingerprint density at radius 1 is 1.11 bits per heavy atom. The highest BCUT2D eigenvalue weighted by atomic mass is 16.5. The van der Waals surface area contributed by atoms with Crippen LogP contribution in [0.2, 0.25) is 0 Å². The zero-order valence-electron chi connectivity index (χ0n) is 10.9. The van der Waals surface area contributed by atoms with Crippen molar-refractivity contribution in [2.75, 3.05) is 0 Å². The first-order chi connectivity index (χ1) is 9.02. The molecule has 4 fully saturated rings. The Morgan fingerprint density at radius 3 is 2.11 bits per heavy atom. The van der Waals surface area contributed by atoms with Gasteiger partial charge in [-0.1, -0.05) is 0 Å². The molecule has 0 unspecified atom stereocenters. The van der Waals surface area contributed by atoms with Crippen molar-refractivity contribution in [2.24, 2.45) is 29.4 Å². The van der Waals surface area contributed by atoms with E-state index in [2.05, 4.69) is 0 Å². The molecule has 4 aliphatic carbocycles. The van der Waals surface area contributed by atoms with Crippen molar-refractivity contribution in [1.29, 1.82) is 0 Å².